The van der Waals surface area contributed by atoms with Gasteiger partial charge in [0.2, 0.25) is 5.91 Å². The zero-order valence-electron chi connectivity index (χ0n) is 18.2. The van der Waals surface area contributed by atoms with Gasteiger partial charge in [-0.2, -0.15) is 0 Å². The molecule has 0 atom stereocenters. The Bertz CT molecular complexity index is 998. The zero-order chi connectivity index (χ0) is 22.4. The first-order valence-electron chi connectivity index (χ1n) is 10.9. The molecule has 1 fully saturated rings. The number of anilines is 1. The van der Waals surface area contributed by atoms with Crippen molar-refractivity contribution < 1.29 is 13.2 Å². The predicted octanol–water partition coefficient (Wildman–Crippen LogP) is 5.38. The van der Waals surface area contributed by atoms with Crippen molar-refractivity contribution in [1.82, 2.24) is 5.32 Å². The van der Waals surface area contributed by atoms with Gasteiger partial charge in [0.15, 0.2) is 0 Å². The number of sulfonamides is 1. The number of nitrogens with zero attached hydrogens (tertiary/aromatic N) is 1. The molecule has 0 bridgehead atoms. The molecule has 7 heteroatoms. The van der Waals surface area contributed by atoms with Crippen LogP contribution < -0.4 is 9.62 Å². The zero-order valence-corrected chi connectivity index (χ0v) is 19.8. The SMILES string of the molecule is Cc1ccc(S(=O)(=O)N(CC(=O)NC2CCCCCCC2)c2ccc(C)c(Cl)c2)cc1. The molecule has 31 heavy (non-hydrogen) atoms. The number of nitrogens with one attached hydrogen (secondary N) is 1. The second-order valence-corrected chi connectivity index (χ2v) is 10.6. The number of benzene rings is 2. The van der Waals surface area contributed by atoms with E-state index in [1.54, 1.807) is 42.5 Å². The number of hydrogen-bond acceptors (Lipinski definition) is 3. The van der Waals surface area contributed by atoms with Crippen molar-refractivity contribution in [1.29, 1.82) is 0 Å². The Morgan fingerprint density at radius 1 is 1.00 bits per heavy atom. The summed E-state index contributed by atoms with van der Waals surface area (Å²) in [4.78, 5) is 13.1. The van der Waals surface area contributed by atoms with E-state index in [9.17, 15) is 13.2 Å². The van der Waals surface area contributed by atoms with Gasteiger partial charge in [0.25, 0.3) is 10.0 Å². The van der Waals surface area contributed by atoms with Crippen molar-refractivity contribution in [2.45, 2.75) is 69.7 Å². The summed E-state index contributed by atoms with van der Waals surface area (Å²) in [7, 11) is -3.94. The molecule has 1 N–H and O–H groups in total. The van der Waals surface area contributed by atoms with Gasteiger partial charge >= 0.3 is 0 Å². The average Bonchev–Trinajstić information content (AvgIpc) is 2.70. The minimum atomic E-state index is -3.94. The van der Waals surface area contributed by atoms with E-state index in [1.165, 1.54) is 19.3 Å². The molecule has 0 heterocycles. The van der Waals surface area contributed by atoms with E-state index in [0.717, 1.165) is 41.1 Å². The quantitative estimate of drug-likeness (QED) is 0.626. The lowest BCUT2D eigenvalue weighted by Gasteiger charge is -2.27. The van der Waals surface area contributed by atoms with Gasteiger partial charge < -0.3 is 5.32 Å². The molecular weight excluding hydrogens is 432 g/mol. The molecule has 3 rings (SSSR count). The van der Waals surface area contributed by atoms with Crippen LogP contribution in [0.3, 0.4) is 0 Å². The molecule has 2 aromatic carbocycles. The standard InChI is InChI=1S/C24H31ClN2O3S/c1-18-10-14-22(15-11-18)31(29,30)27(21-13-12-19(2)23(25)16-21)17-24(28)26-20-8-6-4-3-5-7-9-20/h10-16,20H,3-9,17H2,1-2H3,(H,26,28). The molecule has 0 saturated heterocycles. The fourth-order valence-electron chi connectivity index (χ4n) is 3.89. The second kappa shape index (κ2) is 10.5. The van der Waals surface area contributed by atoms with Crippen molar-refractivity contribution >= 4 is 33.2 Å². The van der Waals surface area contributed by atoms with E-state index in [0.29, 0.717) is 10.7 Å². The molecule has 2 aromatic rings. The van der Waals surface area contributed by atoms with E-state index >= 15 is 0 Å². The summed E-state index contributed by atoms with van der Waals surface area (Å²) in [5.74, 6) is -0.294. The summed E-state index contributed by atoms with van der Waals surface area (Å²) in [6, 6.07) is 11.8. The van der Waals surface area contributed by atoms with Gasteiger partial charge in [-0.1, -0.05) is 67.5 Å². The Morgan fingerprint density at radius 2 is 1.61 bits per heavy atom. The van der Waals surface area contributed by atoms with Gasteiger partial charge in [0, 0.05) is 11.1 Å². The van der Waals surface area contributed by atoms with Crippen LogP contribution in [0.4, 0.5) is 5.69 Å². The topological polar surface area (TPSA) is 66.5 Å². The molecule has 0 aromatic heterocycles. The largest absolute Gasteiger partial charge is 0.352 e. The predicted molar refractivity (Wildman–Crippen MR) is 126 cm³/mol. The first-order chi connectivity index (χ1) is 14.8. The highest BCUT2D eigenvalue weighted by Gasteiger charge is 2.28. The maximum Gasteiger partial charge on any atom is 0.264 e. The first-order valence-corrected chi connectivity index (χ1v) is 12.7. The lowest BCUT2D eigenvalue weighted by atomic mass is 9.97. The fourth-order valence-corrected chi connectivity index (χ4v) is 5.48. The Morgan fingerprint density at radius 3 is 2.23 bits per heavy atom. The smallest absolute Gasteiger partial charge is 0.264 e. The first kappa shape index (κ1) is 23.6. The van der Waals surface area contributed by atoms with E-state index in [4.69, 9.17) is 11.6 Å². The van der Waals surface area contributed by atoms with Crippen LogP contribution in [-0.4, -0.2) is 26.9 Å². The highest BCUT2D eigenvalue weighted by molar-refractivity contribution is 7.92. The Hall–Kier alpha value is -2.05. The third kappa shape index (κ3) is 6.23. The van der Waals surface area contributed by atoms with Gasteiger partial charge in [-0.15, -0.1) is 0 Å². The maximum atomic E-state index is 13.5. The molecule has 5 nitrogen and oxygen atoms in total. The third-order valence-corrected chi connectivity index (χ3v) is 8.01. The molecule has 1 aliphatic carbocycles. The van der Waals surface area contributed by atoms with E-state index in [-0.39, 0.29) is 23.4 Å². The Labute approximate surface area is 190 Å². The number of amides is 1. The van der Waals surface area contributed by atoms with Crippen molar-refractivity contribution in [2.75, 3.05) is 10.8 Å². The molecule has 0 spiro atoms. The van der Waals surface area contributed by atoms with Gasteiger partial charge in [-0.3, -0.25) is 9.10 Å². The summed E-state index contributed by atoms with van der Waals surface area (Å²) < 4.78 is 28.1. The van der Waals surface area contributed by atoms with Gasteiger partial charge in [-0.05, 0) is 56.5 Å². The van der Waals surface area contributed by atoms with E-state index < -0.39 is 10.0 Å². The number of aryl methyl sites for hydroxylation is 2. The number of carbonyl (C=O) groups excluding carboxylic acids is 1. The Balaban J connectivity index is 1.87. The molecule has 1 aliphatic rings. The van der Waals surface area contributed by atoms with E-state index in [2.05, 4.69) is 5.32 Å². The van der Waals surface area contributed by atoms with Gasteiger partial charge in [0.1, 0.15) is 6.54 Å². The number of hydrogen-bond donors (Lipinski definition) is 1. The molecule has 1 amide bonds. The minimum absolute atomic E-state index is 0.0957. The van der Waals surface area contributed by atoms with Crippen molar-refractivity contribution in [3.05, 3.63) is 58.6 Å². The summed E-state index contributed by atoms with van der Waals surface area (Å²) in [5, 5.41) is 3.53. The highest BCUT2D eigenvalue weighted by Crippen LogP contribution is 2.28. The van der Waals surface area contributed by atoms with Crippen LogP contribution >= 0.6 is 11.6 Å². The van der Waals surface area contributed by atoms with E-state index in [1.807, 2.05) is 13.8 Å². The molecule has 168 valence electrons. The third-order valence-electron chi connectivity index (χ3n) is 5.81. The number of carbonyl (C=O) groups is 1. The molecule has 0 radical (unpaired) electrons. The van der Waals surface area contributed by atoms with Crippen LogP contribution in [0.25, 0.3) is 0 Å². The fraction of sp³-hybridized carbons (Fsp3) is 0.458. The van der Waals surface area contributed by atoms with Crippen LogP contribution in [0.5, 0.6) is 0 Å². The second-order valence-electron chi connectivity index (χ2n) is 8.37. The van der Waals surface area contributed by atoms with Crippen molar-refractivity contribution in [3.63, 3.8) is 0 Å². The summed E-state index contributed by atoms with van der Waals surface area (Å²) in [6.45, 7) is 3.47. The lowest BCUT2D eigenvalue weighted by Crippen LogP contribution is -2.44. The number of rotatable bonds is 6. The normalized spacial score (nSPS) is 15.7. The lowest BCUT2D eigenvalue weighted by molar-refractivity contribution is -0.120. The molecule has 0 aliphatic heterocycles. The summed E-state index contributed by atoms with van der Waals surface area (Å²) >= 11 is 6.28. The summed E-state index contributed by atoms with van der Waals surface area (Å²) in [6.07, 6.45) is 7.66. The monoisotopic (exact) mass is 462 g/mol. The molecule has 1 saturated carbocycles. The molecule has 0 unspecified atom stereocenters. The van der Waals surface area contributed by atoms with Crippen LogP contribution in [0.2, 0.25) is 5.02 Å². The van der Waals surface area contributed by atoms with Crippen LogP contribution in [0.1, 0.15) is 56.1 Å². The van der Waals surface area contributed by atoms with Gasteiger partial charge in [-0.25, -0.2) is 8.42 Å². The maximum absolute atomic E-state index is 13.5. The van der Waals surface area contributed by atoms with Crippen LogP contribution in [0.15, 0.2) is 47.4 Å². The van der Waals surface area contributed by atoms with Crippen molar-refractivity contribution in [3.8, 4) is 0 Å². The van der Waals surface area contributed by atoms with Gasteiger partial charge in [0.05, 0.1) is 10.6 Å². The minimum Gasteiger partial charge on any atom is -0.352 e. The number of halogens is 1. The highest BCUT2D eigenvalue weighted by atomic mass is 35.5. The van der Waals surface area contributed by atoms with Crippen molar-refractivity contribution in [2.24, 2.45) is 0 Å². The molecular formula is C24H31ClN2O3S. The Kier molecular flexibility index (Phi) is 8.00. The van der Waals surface area contributed by atoms with Crippen LogP contribution in [0, 0.1) is 13.8 Å². The average molecular weight is 463 g/mol. The van der Waals surface area contributed by atoms with Crippen LogP contribution in [-0.2, 0) is 14.8 Å². The summed E-state index contributed by atoms with van der Waals surface area (Å²) in [5.41, 5.74) is 2.19.